The standard InChI is InChI=1S/C16H19N3O3/c1-17-12-5-13-19(22,15-6-3-2-4-7-15)16-10-8-14(9-11-16)18(20)21/h2-4,6-11,17H,5,12-13H2,1H3. The lowest BCUT2D eigenvalue weighted by atomic mass is 10.2. The first-order valence-corrected chi connectivity index (χ1v) is 7.12. The fraction of sp³-hybridized carbons (Fsp3) is 0.250. The summed E-state index contributed by atoms with van der Waals surface area (Å²) in [7, 11) is 1.84. The third-order valence-electron chi connectivity index (χ3n) is 3.55. The highest BCUT2D eigenvalue weighted by Crippen LogP contribution is 2.34. The third kappa shape index (κ3) is 3.48. The predicted octanol–water partition coefficient (Wildman–Crippen LogP) is 3.34. The second-order valence-electron chi connectivity index (χ2n) is 5.03. The van der Waals surface area contributed by atoms with Crippen molar-refractivity contribution in [2.75, 3.05) is 20.1 Å². The molecular weight excluding hydrogens is 282 g/mol. The molecule has 0 amide bonds. The van der Waals surface area contributed by atoms with Crippen LogP contribution in [0.3, 0.4) is 0 Å². The summed E-state index contributed by atoms with van der Waals surface area (Å²) >= 11 is 0. The second-order valence-corrected chi connectivity index (χ2v) is 5.03. The first-order chi connectivity index (χ1) is 10.6. The number of non-ortho nitro benzene ring substituents is 1. The molecular formula is C16H19N3O3. The summed E-state index contributed by atoms with van der Waals surface area (Å²) in [4.78, 5) is 10.3. The molecule has 2 rings (SSSR count). The number of quaternary nitrogens is 1. The number of nitrogens with one attached hydrogen (secondary N) is 1. The van der Waals surface area contributed by atoms with E-state index in [2.05, 4.69) is 5.32 Å². The molecule has 0 heterocycles. The molecule has 0 saturated carbocycles. The van der Waals surface area contributed by atoms with E-state index in [1.807, 2.05) is 25.2 Å². The maximum absolute atomic E-state index is 13.4. The van der Waals surface area contributed by atoms with Crippen LogP contribution < -0.4 is 9.96 Å². The number of nitro groups is 1. The maximum atomic E-state index is 13.4. The summed E-state index contributed by atoms with van der Waals surface area (Å²) < 4.78 is -0.624. The van der Waals surface area contributed by atoms with Crippen molar-refractivity contribution in [1.29, 1.82) is 0 Å². The van der Waals surface area contributed by atoms with E-state index in [4.69, 9.17) is 0 Å². The number of nitrogens with zero attached hydrogens (tertiary/aromatic N) is 2. The number of nitro benzene ring substituents is 1. The number of benzene rings is 2. The quantitative estimate of drug-likeness (QED) is 0.368. The molecule has 0 fully saturated rings. The Bertz CT molecular complexity index is 616. The molecule has 0 aliphatic heterocycles. The van der Waals surface area contributed by atoms with Crippen LogP contribution in [0.4, 0.5) is 17.1 Å². The molecule has 0 radical (unpaired) electrons. The van der Waals surface area contributed by atoms with Gasteiger partial charge in [0.2, 0.25) is 0 Å². The fourth-order valence-electron chi connectivity index (χ4n) is 2.37. The van der Waals surface area contributed by atoms with Gasteiger partial charge in [-0.25, -0.2) is 0 Å². The van der Waals surface area contributed by atoms with Crippen LogP contribution in [0.1, 0.15) is 6.42 Å². The van der Waals surface area contributed by atoms with Crippen molar-refractivity contribution >= 4 is 17.1 Å². The fourth-order valence-corrected chi connectivity index (χ4v) is 2.37. The zero-order chi connectivity index (χ0) is 16.0. The normalized spacial score (nSPS) is 13.5. The highest BCUT2D eigenvalue weighted by atomic mass is 16.6. The Morgan fingerprint density at radius 3 is 2.18 bits per heavy atom. The highest BCUT2D eigenvalue weighted by Gasteiger charge is 2.24. The lowest BCUT2D eigenvalue weighted by Crippen LogP contribution is -2.39. The Hall–Kier alpha value is -2.28. The van der Waals surface area contributed by atoms with Crippen LogP contribution in [-0.4, -0.2) is 25.1 Å². The van der Waals surface area contributed by atoms with Gasteiger partial charge in [0.15, 0.2) is 0 Å². The smallest absolute Gasteiger partial charge is 0.269 e. The molecule has 0 saturated heterocycles. The van der Waals surface area contributed by atoms with Gasteiger partial charge in [0.05, 0.1) is 11.5 Å². The van der Waals surface area contributed by atoms with Gasteiger partial charge in [0.25, 0.3) is 5.69 Å². The second kappa shape index (κ2) is 7.13. The van der Waals surface area contributed by atoms with Gasteiger partial charge in [0, 0.05) is 37.2 Å². The maximum Gasteiger partial charge on any atom is 0.269 e. The van der Waals surface area contributed by atoms with Crippen LogP contribution >= 0.6 is 0 Å². The third-order valence-corrected chi connectivity index (χ3v) is 3.55. The average molecular weight is 301 g/mol. The largest absolute Gasteiger partial charge is 0.622 e. The van der Waals surface area contributed by atoms with E-state index in [1.54, 1.807) is 12.1 Å². The molecule has 116 valence electrons. The van der Waals surface area contributed by atoms with Crippen LogP contribution in [0.2, 0.25) is 0 Å². The molecule has 0 aliphatic rings. The molecule has 6 heteroatoms. The number of para-hydroxylation sites is 1. The Kier molecular flexibility index (Phi) is 5.21. The number of hydroxylamine groups is 1. The Labute approximate surface area is 129 Å². The molecule has 0 spiro atoms. The summed E-state index contributed by atoms with van der Waals surface area (Å²) in [5.74, 6) is 0. The molecule has 0 bridgehead atoms. The van der Waals surface area contributed by atoms with Gasteiger partial charge in [-0.3, -0.25) is 14.8 Å². The number of rotatable bonds is 7. The highest BCUT2D eigenvalue weighted by molar-refractivity contribution is 5.60. The van der Waals surface area contributed by atoms with E-state index in [0.717, 1.165) is 6.54 Å². The lowest BCUT2D eigenvalue weighted by molar-refractivity contribution is -0.384. The van der Waals surface area contributed by atoms with E-state index in [9.17, 15) is 15.3 Å². The topological polar surface area (TPSA) is 78.2 Å². The Balaban J connectivity index is 2.37. The van der Waals surface area contributed by atoms with Gasteiger partial charge >= 0.3 is 0 Å². The van der Waals surface area contributed by atoms with Gasteiger partial charge in [-0.05, 0) is 19.2 Å². The summed E-state index contributed by atoms with van der Waals surface area (Å²) in [5, 5.41) is 27.2. The van der Waals surface area contributed by atoms with Gasteiger partial charge in [-0.15, -0.1) is 0 Å². The van der Waals surface area contributed by atoms with Crippen molar-refractivity contribution in [1.82, 2.24) is 9.96 Å². The minimum Gasteiger partial charge on any atom is -0.622 e. The van der Waals surface area contributed by atoms with Crippen LogP contribution in [0.25, 0.3) is 0 Å². The molecule has 2 aromatic carbocycles. The van der Waals surface area contributed by atoms with Crippen LogP contribution in [0, 0.1) is 15.3 Å². The number of hydrogen-bond acceptors (Lipinski definition) is 4. The molecule has 0 aromatic heterocycles. The minimum atomic E-state index is -0.624. The summed E-state index contributed by atoms with van der Waals surface area (Å²) in [6, 6.07) is 14.9. The van der Waals surface area contributed by atoms with E-state index in [0.29, 0.717) is 24.3 Å². The number of hydrogen-bond donors (Lipinski definition) is 1. The first kappa shape index (κ1) is 16.1. The van der Waals surface area contributed by atoms with E-state index in [-0.39, 0.29) is 5.69 Å². The van der Waals surface area contributed by atoms with Crippen LogP contribution in [0.5, 0.6) is 0 Å². The van der Waals surface area contributed by atoms with E-state index >= 15 is 0 Å². The van der Waals surface area contributed by atoms with E-state index in [1.165, 1.54) is 24.3 Å². The van der Waals surface area contributed by atoms with Crippen molar-refractivity contribution in [3.63, 3.8) is 0 Å². The zero-order valence-electron chi connectivity index (χ0n) is 12.4. The molecule has 1 atom stereocenters. The van der Waals surface area contributed by atoms with Gasteiger partial charge in [0.1, 0.15) is 11.4 Å². The van der Waals surface area contributed by atoms with Crippen molar-refractivity contribution < 1.29 is 4.92 Å². The first-order valence-electron chi connectivity index (χ1n) is 7.12. The molecule has 0 aliphatic carbocycles. The van der Waals surface area contributed by atoms with Crippen LogP contribution in [0.15, 0.2) is 54.6 Å². The summed E-state index contributed by atoms with van der Waals surface area (Å²) in [6.07, 6.45) is 0.700. The lowest BCUT2D eigenvalue weighted by Gasteiger charge is -2.41. The Morgan fingerprint density at radius 1 is 1.05 bits per heavy atom. The van der Waals surface area contributed by atoms with Gasteiger partial charge in [-0.2, -0.15) is 0 Å². The molecule has 22 heavy (non-hydrogen) atoms. The van der Waals surface area contributed by atoms with Crippen molar-refractivity contribution in [2.45, 2.75) is 6.42 Å². The SMILES string of the molecule is CNCCC[N+]([O-])(c1ccccc1)c1ccc([N+](=O)[O-])cc1. The minimum absolute atomic E-state index is 0.0152. The molecule has 6 nitrogen and oxygen atoms in total. The summed E-state index contributed by atoms with van der Waals surface area (Å²) in [6.45, 7) is 1.10. The molecule has 1 N–H and O–H groups in total. The predicted molar refractivity (Wildman–Crippen MR) is 87.8 cm³/mol. The monoisotopic (exact) mass is 301 g/mol. The van der Waals surface area contributed by atoms with Gasteiger partial charge in [-0.1, -0.05) is 18.2 Å². The summed E-state index contributed by atoms with van der Waals surface area (Å²) in [5.41, 5.74) is 1.10. The zero-order valence-corrected chi connectivity index (χ0v) is 12.4. The van der Waals surface area contributed by atoms with Gasteiger partial charge < -0.3 is 10.5 Å². The van der Waals surface area contributed by atoms with Crippen molar-refractivity contribution in [3.8, 4) is 0 Å². The van der Waals surface area contributed by atoms with Crippen molar-refractivity contribution in [2.24, 2.45) is 0 Å². The average Bonchev–Trinajstić information content (AvgIpc) is 2.56. The Morgan fingerprint density at radius 2 is 1.64 bits per heavy atom. The molecule has 2 aromatic rings. The van der Waals surface area contributed by atoms with Crippen molar-refractivity contribution in [3.05, 3.63) is 69.9 Å². The molecule has 1 unspecified atom stereocenters. The van der Waals surface area contributed by atoms with E-state index < -0.39 is 9.57 Å². The van der Waals surface area contributed by atoms with Crippen LogP contribution in [-0.2, 0) is 0 Å².